The molecule has 0 bridgehead atoms. The highest BCUT2D eigenvalue weighted by Gasteiger charge is 2.28. The van der Waals surface area contributed by atoms with E-state index in [-0.39, 0.29) is 5.92 Å². The summed E-state index contributed by atoms with van der Waals surface area (Å²) in [6.45, 7) is 4.18. The Balaban J connectivity index is 2.83. The smallest absolute Gasteiger partial charge is 0.311 e. The topological polar surface area (TPSA) is 63.3 Å². The number of hydrogen-bond donors (Lipinski definition) is 2. The molecule has 0 aliphatic heterocycles. The van der Waals surface area contributed by atoms with Crippen LogP contribution in [0.15, 0.2) is 22.7 Å². The van der Waals surface area contributed by atoms with Gasteiger partial charge in [0.2, 0.25) is 0 Å². The number of carboxylic acid groups (broad SMARTS) is 1. The summed E-state index contributed by atoms with van der Waals surface area (Å²) in [6.07, 6.45) is 5.57. The average molecular weight is 342 g/mol. The van der Waals surface area contributed by atoms with Crippen LogP contribution in [0.3, 0.4) is 0 Å². The third-order valence-electron chi connectivity index (χ3n) is 3.73. The lowest BCUT2D eigenvalue weighted by atomic mass is 9.83. The number of nitrogen functional groups attached to an aromatic ring is 1. The van der Waals surface area contributed by atoms with Crippen LogP contribution < -0.4 is 5.73 Å². The molecule has 1 rings (SSSR count). The standard InChI is InChI=1S/C16H24BrNO2/c1-3-4-5-6-7-11(2)15(16(19)20)13-10-12(17)8-9-14(13)18/h8-11,15H,3-7,18H2,1-2H3,(H,19,20). The zero-order chi connectivity index (χ0) is 15.1. The largest absolute Gasteiger partial charge is 0.481 e. The average Bonchev–Trinajstić information content (AvgIpc) is 2.38. The Morgan fingerprint density at radius 2 is 2.05 bits per heavy atom. The quantitative estimate of drug-likeness (QED) is 0.527. The fourth-order valence-electron chi connectivity index (χ4n) is 2.56. The van der Waals surface area contributed by atoms with Gasteiger partial charge in [0, 0.05) is 10.2 Å². The molecule has 1 aromatic rings. The highest BCUT2D eigenvalue weighted by molar-refractivity contribution is 9.10. The van der Waals surface area contributed by atoms with Gasteiger partial charge in [0.1, 0.15) is 0 Å². The minimum Gasteiger partial charge on any atom is -0.481 e. The number of unbranched alkanes of at least 4 members (excludes halogenated alkanes) is 3. The summed E-state index contributed by atoms with van der Waals surface area (Å²) in [5.74, 6) is -1.24. The second-order valence-corrected chi connectivity index (χ2v) is 6.33. The number of anilines is 1. The van der Waals surface area contributed by atoms with Crippen molar-refractivity contribution in [2.75, 3.05) is 5.73 Å². The molecule has 0 saturated heterocycles. The molecule has 0 aromatic heterocycles. The van der Waals surface area contributed by atoms with E-state index in [0.29, 0.717) is 5.69 Å². The van der Waals surface area contributed by atoms with E-state index in [0.717, 1.165) is 22.9 Å². The van der Waals surface area contributed by atoms with Gasteiger partial charge in [0.05, 0.1) is 5.92 Å². The molecule has 0 radical (unpaired) electrons. The van der Waals surface area contributed by atoms with Gasteiger partial charge in [-0.25, -0.2) is 0 Å². The number of rotatable bonds is 8. The zero-order valence-corrected chi connectivity index (χ0v) is 13.8. The van der Waals surface area contributed by atoms with E-state index < -0.39 is 11.9 Å². The molecular weight excluding hydrogens is 318 g/mol. The van der Waals surface area contributed by atoms with Crippen molar-refractivity contribution < 1.29 is 9.90 Å². The van der Waals surface area contributed by atoms with Gasteiger partial charge >= 0.3 is 5.97 Å². The molecule has 1 aromatic carbocycles. The van der Waals surface area contributed by atoms with Crippen LogP contribution in [0.25, 0.3) is 0 Å². The third kappa shape index (κ3) is 4.82. The Hall–Kier alpha value is -1.03. The van der Waals surface area contributed by atoms with Gasteiger partial charge in [-0.2, -0.15) is 0 Å². The van der Waals surface area contributed by atoms with Gasteiger partial charge < -0.3 is 10.8 Å². The molecular formula is C16H24BrNO2. The maximum Gasteiger partial charge on any atom is 0.311 e. The molecule has 4 heteroatoms. The molecule has 3 nitrogen and oxygen atoms in total. The van der Waals surface area contributed by atoms with Crippen LogP contribution >= 0.6 is 15.9 Å². The molecule has 0 saturated carbocycles. The number of hydrogen-bond acceptors (Lipinski definition) is 2. The highest BCUT2D eigenvalue weighted by atomic mass is 79.9. The van der Waals surface area contributed by atoms with E-state index in [9.17, 15) is 9.90 Å². The van der Waals surface area contributed by atoms with Gasteiger partial charge in [0.25, 0.3) is 0 Å². The molecule has 20 heavy (non-hydrogen) atoms. The second kappa shape index (κ2) is 8.30. The summed E-state index contributed by atoms with van der Waals surface area (Å²) >= 11 is 3.39. The summed E-state index contributed by atoms with van der Waals surface area (Å²) < 4.78 is 0.867. The number of aliphatic carboxylic acids is 1. The van der Waals surface area contributed by atoms with Crippen LogP contribution in [0.5, 0.6) is 0 Å². The lowest BCUT2D eigenvalue weighted by Crippen LogP contribution is -2.21. The summed E-state index contributed by atoms with van der Waals surface area (Å²) in [4.78, 5) is 11.6. The van der Waals surface area contributed by atoms with Crippen molar-refractivity contribution in [3.05, 3.63) is 28.2 Å². The second-order valence-electron chi connectivity index (χ2n) is 5.42. The van der Waals surface area contributed by atoms with Gasteiger partial charge in [-0.05, 0) is 36.1 Å². The molecule has 0 aliphatic rings. The summed E-state index contributed by atoms with van der Waals surface area (Å²) in [7, 11) is 0. The van der Waals surface area contributed by atoms with E-state index >= 15 is 0 Å². The van der Waals surface area contributed by atoms with Crippen LogP contribution in [-0.2, 0) is 4.79 Å². The van der Waals surface area contributed by atoms with E-state index in [1.165, 1.54) is 19.3 Å². The summed E-state index contributed by atoms with van der Waals surface area (Å²) in [5, 5.41) is 9.54. The number of carboxylic acids is 1. The Bertz CT molecular complexity index is 448. The molecule has 0 fully saturated rings. The number of halogens is 1. The molecule has 2 atom stereocenters. The van der Waals surface area contributed by atoms with E-state index in [4.69, 9.17) is 5.73 Å². The van der Waals surface area contributed by atoms with E-state index in [2.05, 4.69) is 22.9 Å². The molecule has 0 heterocycles. The van der Waals surface area contributed by atoms with Gasteiger partial charge in [-0.3, -0.25) is 4.79 Å². The Labute approximate surface area is 129 Å². The normalized spacial score (nSPS) is 13.9. The molecule has 2 unspecified atom stereocenters. The molecule has 112 valence electrons. The maximum absolute atomic E-state index is 11.6. The van der Waals surface area contributed by atoms with Crippen molar-refractivity contribution in [2.24, 2.45) is 5.92 Å². The number of benzene rings is 1. The van der Waals surface area contributed by atoms with Crippen LogP contribution in [0.2, 0.25) is 0 Å². The van der Waals surface area contributed by atoms with Crippen molar-refractivity contribution >= 4 is 27.6 Å². The first-order valence-corrected chi connectivity index (χ1v) is 8.04. The summed E-state index contributed by atoms with van der Waals surface area (Å²) in [6, 6.07) is 5.43. The monoisotopic (exact) mass is 341 g/mol. The van der Waals surface area contributed by atoms with Crippen molar-refractivity contribution in [3.63, 3.8) is 0 Å². The van der Waals surface area contributed by atoms with Crippen molar-refractivity contribution in [2.45, 2.75) is 51.9 Å². The minimum absolute atomic E-state index is 0.0842. The molecule has 3 N–H and O–H groups in total. The maximum atomic E-state index is 11.6. The molecule has 0 aliphatic carbocycles. The number of carbonyl (C=O) groups is 1. The van der Waals surface area contributed by atoms with Crippen molar-refractivity contribution in [1.82, 2.24) is 0 Å². The zero-order valence-electron chi connectivity index (χ0n) is 12.2. The van der Waals surface area contributed by atoms with E-state index in [1.807, 2.05) is 19.1 Å². The Morgan fingerprint density at radius 1 is 1.35 bits per heavy atom. The Morgan fingerprint density at radius 3 is 2.65 bits per heavy atom. The first-order chi connectivity index (χ1) is 9.47. The first-order valence-electron chi connectivity index (χ1n) is 7.25. The van der Waals surface area contributed by atoms with Crippen LogP contribution in [0.4, 0.5) is 5.69 Å². The Kier molecular flexibility index (Phi) is 7.06. The van der Waals surface area contributed by atoms with Gasteiger partial charge in [0.15, 0.2) is 0 Å². The van der Waals surface area contributed by atoms with E-state index in [1.54, 1.807) is 6.07 Å². The van der Waals surface area contributed by atoms with Crippen molar-refractivity contribution in [1.29, 1.82) is 0 Å². The van der Waals surface area contributed by atoms with Crippen molar-refractivity contribution in [3.8, 4) is 0 Å². The summed E-state index contributed by atoms with van der Waals surface area (Å²) in [5.41, 5.74) is 7.23. The fourth-order valence-corrected chi connectivity index (χ4v) is 2.94. The predicted molar refractivity (Wildman–Crippen MR) is 86.9 cm³/mol. The van der Waals surface area contributed by atoms with Crippen LogP contribution in [0, 0.1) is 5.92 Å². The lowest BCUT2D eigenvalue weighted by molar-refractivity contribution is -0.140. The predicted octanol–water partition coefficient (Wildman–Crippen LogP) is 4.81. The van der Waals surface area contributed by atoms with Crippen LogP contribution in [0.1, 0.15) is 57.4 Å². The lowest BCUT2D eigenvalue weighted by Gasteiger charge is -2.22. The fraction of sp³-hybridized carbons (Fsp3) is 0.562. The highest BCUT2D eigenvalue weighted by Crippen LogP contribution is 2.34. The van der Waals surface area contributed by atoms with Gasteiger partial charge in [-0.1, -0.05) is 55.5 Å². The minimum atomic E-state index is -0.794. The third-order valence-corrected chi connectivity index (χ3v) is 4.23. The SMILES string of the molecule is CCCCCCC(C)C(C(=O)O)c1cc(Br)ccc1N. The number of nitrogens with two attached hydrogens (primary N) is 1. The van der Waals surface area contributed by atoms with Crippen LogP contribution in [-0.4, -0.2) is 11.1 Å². The molecule has 0 spiro atoms. The first kappa shape index (κ1) is 17.0. The van der Waals surface area contributed by atoms with Gasteiger partial charge in [-0.15, -0.1) is 0 Å². The molecule has 0 amide bonds.